The predicted octanol–water partition coefficient (Wildman–Crippen LogP) is 7.75. The van der Waals surface area contributed by atoms with Crippen LogP contribution in [0.15, 0.2) is 53.3 Å². The van der Waals surface area contributed by atoms with Crippen LogP contribution in [0, 0.1) is 31.4 Å². The van der Waals surface area contributed by atoms with Crippen LogP contribution in [0.3, 0.4) is 0 Å². The lowest BCUT2D eigenvalue weighted by molar-refractivity contribution is -0.123. The number of fused-ring (bicyclic) bond motifs is 5. The summed E-state index contributed by atoms with van der Waals surface area (Å²) < 4.78 is 149. The molecule has 3 aliphatic carbocycles. The molecule has 4 aromatic heterocycles. The van der Waals surface area contributed by atoms with Crippen LogP contribution >= 0.6 is 11.6 Å². The van der Waals surface area contributed by atoms with Crippen LogP contribution in [0.25, 0.3) is 38.9 Å². The third-order valence-corrected chi connectivity index (χ3v) is 14.4. The number of benzene rings is 3. The van der Waals surface area contributed by atoms with E-state index in [1.54, 1.807) is 13.8 Å². The summed E-state index contributed by atoms with van der Waals surface area (Å²) in [6.07, 6.45) is -6.37. The Labute approximate surface area is 383 Å². The van der Waals surface area contributed by atoms with Gasteiger partial charge in [0.2, 0.25) is 15.9 Å². The largest absolute Gasteiger partial charge is 0.344 e. The first-order chi connectivity index (χ1) is 32.2. The SMILES string of the molecule is Cc1nnc(-c2ccc3c(=O)n(-c4ccc(Cl)c5c(NS(=O)(=O)C6CC6)nn(CC(F)F)c45)c([C@H](Cc4cc(F)cc(F)c4)NC(=O)Cn4nc(C(F)F)c5c4C(F)(F)[C@@H]4C[C@H]54)nc3c2)nc1C. The fraction of sp³-hybridized carbons (Fsp3) is 0.349. The highest BCUT2D eigenvalue weighted by molar-refractivity contribution is 7.93. The Morgan fingerprint density at radius 1 is 0.941 bits per heavy atom. The quantitative estimate of drug-likeness (QED) is 0.102. The molecule has 2 N–H and O–H groups in total. The van der Waals surface area contributed by atoms with Gasteiger partial charge < -0.3 is 5.32 Å². The maximum Gasteiger partial charge on any atom is 0.293 e. The highest BCUT2D eigenvalue weighted by atomic mass is 35.5. The number of nitrogens with zero attached hydrogens (tertiary/aromatic N) is 9. The van der Waals surface area contributed by atoms with Gasteiger partial charge in [0.25, 0.3) is 24.3 Å². The van der Waals surface area contributed by atoms with E-state index in [0.29, 0.717) is 40.5 Å². The average molecular weight is 988 g/mol. The van der Waals surface area contributed by atoms with Gasteiger partial charge in [-0.3, -0.25) is 28.2 Å². The molecule has 0 spiro atoms. The van der Waals surface area contributed by atoms with Gasteiger partial charge in [-0.05, 0) is 81.0 Å². The molecule has 0 bridgehead atoms. The second kappa shape index (κ2) is 16.3. The van der Waals surface area contributed by atoms with Crippen molar-refractivity contribution in [2.24, 2.45) is 5.92 Å². The number of halogens is 9. The van der Waals surface area contributed by atoms with Crippen molar-refractivity contribution in [1.82, 2.24) is 49.6 Å². The maximum absolute atomic E-state index is 15.6. The molecule has 4 heterocycles. The molecule has 1 amide bonds. The summed E-state index contributed by atoms with van der Waals surface area (Å²) in [5, 5.41) is 17.4. The number of sulfonamides is 1. The lowest BCUT2D eigenvalue weighted by Gasteiger charge is -2.24. The number of rotatable bonds is 14. The van der Waals surface area contributed by atoms with Gasteiger partial charge in [0.05, 0.1) is 55.2 Å². The highest BCUT2D eigenvalue weighted by Gasteiger charge is 2.67. The van der Waals surface area contributed by atoms with Crippen molar-refractivity contribution >= 4 is 55.2 Å². The van der Waals surface area contributed by atoms with Crippen LogP contribution < -0.4 is 15.6 Å². The van der Waals surface area contributed by atoms with Crippen LogP contribution in [0.5, 0.6) is 0 Å². The van der Waals surface area contributed by atoms with Gasteiger partial charge in [0.1, 0.15) is 41.9 Å². The lowest BCUT2D eigenvalue weighted by atomic mass is 10.0. The van der Waals surface area contributed by atoms with Crippen LogP contribution in [0.2, 0.25) is 5.02 Å². The van der Waals surface area contributed by atoms with E-state index in [0.717, 1.165) is 21.4 Å². The number of anilines is 1. The minimum absolute atomic E-state index is 0.0506. The van der Waals surface area contributed by atoms with Crippen molar-refractivity contribution in [2.75, 3.05) is 4.72 Å². The Morgan fingerprint density at radius 3 is 2.35 bits per heavy atom. The number of carbonyl (C=O) groups is 1. The van der Waals surface area contributed by atoms with E-state index in [2.05, 4.69) is 35.4 Å². The second-order valence-corrected chi connectivity index (χ2v) is 19.4. The van der Waals surface area contributed by atoms with Gasteiger partial charge in [-0.2, -0.15) is 24.1 Å². The molecule has 25 heteroatoms. The topological polar surface area (TPSA) is 184 Å². The molecule has 0 aliphatic heterocycles. The van der Waals surface area contributed by atoms with E-state index in [4.69, 9.17) is 16.6 Å². The van der Waals surface area contributed by atoms with E-state index in [9.17, 15) is 39.6 Å². The maximum atomic E-state index is 15.6. The number of aromatic nitrogens is 9. The van der Waals surface area contributed by atoms with Crippen LogP contribution in [-0.2, 0) is 40.3 Å². The van der Waals surface area contributed by atoms with E-state index >= 15 is 13.6 Å². The van der Waals surface area contributed by atoms with Gasteiger partial charge in [0.15, 0.2) is 11.6 Å². The molecule has 2 saturated carbocycles. The van der Waals surface area contributed by atoms with E-state index < -0.39 is 118 Å². The summed E-state index contributed by atoms with van der Waals surface area (Å²) in [6, 6.07) is 7.40. The van der Waals surface area contributed by atoms with Crippen molar-refractivity contribution in [2.45, 2.75) is 88.6 Å². The number of alkyl halides is 6. The number of hydrogen-bond donors (Lipinski definition) is 2. The molecular weight excluding hydrogens is 954 g/mol. The monoisotopic (exact) mass is 987 g/mol. The predicted molar refractivity (Wildman–Crippen MR) is 228 cm³/mol. The molecule has 0 radical (unpaired) electrons. The molecular formula is C43H34ClF8N11O4S. The van der Waals surface area contributed by atoms with Crippen molar-refractivity contribution < 1.29 is 48.3 Å². The molecule has 10 rings (SSSR count). The van der Waals surface area contributed by atoms with Crippen molar-refractivity contribution in [3.8, 4) is 17.1 Å². The smallest absolute Gasteiger partial charge is 0.293 e. The van der Waals surface area contributed by atoms with E-state index in [1.165, 1.54) is 30.3 Å². The Hall–Kier alpha value is -6.56. The summed E-state index contributed by atoms with van der Waals surface area (Å²) in [5.74, 6) is -9.80. The summed E-state index contributed by atoms with van der Waals surface area (Å²) in [7, 11) is -4.10. The Morgan fingerprint density at radius 2 is 1.68 bits per heavy atom. The normalized spacial score (nSPS) is 17.8. The van der Waals surface area contributed by atoms with Crippen molar-refractivity contribution in [3.63, 3.8) is 0 Å². The zero-order valence-electron chi connectivity index (χ0n) is 35.3. The number of amides is 1. The van der Waals surface area contributed by atoms with Crippen LogP contribution in [0.1, 0.15) is 77.4 Å². The molecule has 68 heavy (non-hydrogen) atoms. The first-order valence-corrected chi connectivity index (χ1v) is 22.9. The standard InChI is InChI=1S/C43H34ClF8N11O4S/c1-17-18(2)56-57-39(53-17)20-3-6-24-28(12-20)55-41(63(42(24)65)30-8-7-27(44)34-36(30)61(15-31(47)48)59-40(34)60-68(66,67)23-4-5-23)29(11-19-9-21(45)13-22(46)10-19)54-32(64)16-62-37-33(35(58-62)38(49)50)25-14-26(25)43(37,51)52/h3,6-10,12-13,23,25-26,29,31,38H,4-5,11,14-16H2,1-2H3,(H,54,64)(H,59,60)/t25-,26+,29-/m0/s1. The zero-order chi connectivity index (χ0) is 48.3. The van der Waals surface area contributed by atoms with Crippen molar-refractivity contribution in [1.29, 1.82) is 0 Å². The van der Waals surface area contributed by atoms with Gasteiger partial charge in [0, 0.05) is 29.5 Å². The molecule has 7 aromatic rings. The summed E-state index contributed by atoms with van der Waals surface area (Å²) in [5.41, 5.74) is -2.50. The average Bonchev–Trinajstić information content (AvgIpc) is 4.18. The molecule has 0 unspecified atom stereocenters. The first-order valence-electron chi connectivity index (χ1n) is 21.0. The third kappa shape index (κ3) is 7.89. The van der Waals surface area contributed by atoms with E-state index in [1.807, 2.05) is 0 Å². The van der Waals surface area contributed by atoms with Gasteiger partial charge in [-0.25, -0.2) is 44.7 Å². The fourth-order valence-corrected chi connectivity index (χ4v) is 10.5. The molecule has 2 fully saturated rings. The van der Waals surface area contributed by atoms with Crippen molar-refractivity contribution in [3.05, 3.63) is 115 Å². The molecule has 3 aromatic carbocycles. The van der Waals surface area contributed by atoms with Gasteiger partial charge >= 0.3 is 0 Å². The minimum Gasteiger partial charge on any atom is -0.344 e. The number of aryl methyl sites for hydroxylation is 2. The minimum atomic E-state index is -4.10. The fourth-order valence-electron chi connectivity index (χ4n) is 8.89. The summed E-state index contributed by atoms with van der Waals surface area (Å²) in [6.45, 7) is 1.15. The second-order valence-electron chi connectivity index (χ2n) is 17.0. The van der Waals surface area contributed by atoms with Gasteiger partial charge in [-0.15, -0.1) is 5.10 Å². The molecule has 0 saturated heterocycles. The molecule has 3 atom stereocenters. The summed E-state index contributed by atoms with van der Waals surface area (Å²) >= 11 is 6.67. The number of hydrogen-bond acceptors (Lipinski definition) is 10. The first kappa shape index (κ1) is 45.2. The van der Waals surface area contributed by atoms with Gasteiger partial charge in [-0.1, -0.05) is 17.7 Å². The van der Waals surface area contributed by atoms with E-state index in [-0.39, 0.29) is 55.9 Å². The van der Waals surface area contributed by atoms with Crippen LogP contribution in [0.4, 0.5) is 40.9 Å². The zero-order valence-corrected chi connectivity index (χ0v) is 36.9. The molecule has 15 nitrogen and oxygen atoms in total. The molecule has 3 aliphatic rings. The Kier molecular flexibility index (Phi) is 10.8. The lowest BCUT2D eigenvalue weighted by Crippen LogP contribution is -2.38. The van der Waals surface area contributed by atoms with Crippen LogP contribution in [-0.4, -0.2) is 70.3 Å². The Bertz CT molecular complexity index is 3420. The highest BCUT2D eigenvalue weighted by Crippen LogP contribution is 2.68. The number of carbonyl (C=O) groups excluding carboxylic acids is 1. The molecule has 354 valence electrons. The summed E-state index contributed by atoms with van der Waals surface area (Å²) in [4.78, 5) is 38.7. The Balaban J connectivity index is 1.20. The number of nitrogens with one attached hydrogen (secondary N) is 2. The third-order valence-electron chi connectivity index (χ3n) is 12.3.